The third-order valence-corrected chi connectivity index (χ3v) is 1.32. The summed E-state index contributed by atoms with van der Waals surface area (Å²) in [6.45, 7) is 5.57. The molecule has 0 aliphatic heterocycles. The monoisotopic (exact) mass is 133 g/mol. The van der Waals surface area contributed by atoms with E-state index in [0.29, 0.717) is 0 Å². The van der Waals surface area contributed by atoms with Crippen molar-refractivity contribution in [1.29, 1.82) is 0 Å². The Morgan fingerprint density at radius 3 is 1.56 bits per heavy atom. The van der Waals surface area contributed by atoms with Crippen LogP contribution in [0.2, 0.25) is 0 Å². The highest BCUT2D eigenvalue weighted by molar-refractivity contribution is 4.77. The second-order valence-corrected chi connectivity index (χ2v) is 3.31. The van der Waals surface area contributed by atoms with E-state index >= 15 is 0 Å². The van der Waals surface area contributed by atoms with E-state index in [9.17, 15) is 0 Å². The van der Waals surface area contributed by atoms with Gasteiger partial charge in [-0.15, -0.1) is 0 Å². The number of hydrogen-bond acceptors (Lipinski definition) is 3. The first-order chi connectivity index (χ1) is 3.85. The Labute approximate surface area is 55.5 Å². The fourth-order valence-corrected chi connectivity index (χ4v) is 0.447. The molecule has 0 amide bonds. The Bertz CT molecular complexity index is 85.5. The summed E-state index contributed by atoms with van der Waals surface area (Å²) in [5, 5.41) is 17.2. The Morgan fingerprint density at radius 2 is 1.56 bits per heavy atom. The van der Waals surface area contributed by atoms with Gasteiger partial charge in [-0.05, 0) is 5.41 Å². The maximum absolute atomic E-state index is 8.59. The molecule has 4 N–H and O–H groups in total. The summed E-state index contributed by atoms with van der Waals surface area (Å²) in [5.41, 5.74) is 5.15. The second-order valence-electron chi connectivity index (χ2n) is 3.31. The van der Waals surface area contributed by atoms with Gasteiger partial charge in [0.05, 0.1) is 6.04 Å². The summed E-state index contributed by atoms with van der Waals surface area (Å²) < 4.78 is 0. The van der Waals surface area contributed by atoms with E-state index in [1.165, 1.54) is 0 Å². The lowest BCUT2D eigenvalue weighted by Crippen LogP contribution is -2.44. The number of aliphatic hydroxyl groups is 2. The van der Waals surface area contributed by atoms with Gasteiger partial charge in [-0.1, -0.05) is 20.8 Å². The largest absolute Gasteiger partial charge is 0.367 e. The molecule has 0 aliphatic rings. The van der Waals surface area contributed by atoms with Gasteiger partial charge < -0.3 is 15.9 Å². The Morgan fingerprint density at radius 1 is 1.22 bits per heavy atom. The summed E-state index contributed by atoms with van der Waals surface area (Å²) in [7, 11) is 0. The fourth-order valence-electron chi connectivity index (χ4n) is 0.447. The van der Waals surface area contributed by atoms with Gasteiger partial charge in [-0.3, -0.25) is 0 Å². The zero-order chi connectivity index (χ0) is 7.65. The van der Waals surface area contributed by atoms with Crippen molar-refractivity contribution in [3.63, 3.8) is 0 Å². The van der Waals surface area contributed by atoms with Crippen LogP contribution in [0.4, 0.5) is 0 Å². The molecule has 0 aromatic rings. The number of aliphatic hydroxyl groups excluding tert-OH is 1. The maximum Gasteiger partial charge on any atom is 0.167 e. The summed E-state index contributed by atoms with van der Waals surface area (Å²) >= 11 is 0. The van der Waals surface area contributed by atoms with Gasteiger partial charge >= 0.3 is 0 Å². The van der Waals surface area contributed by atoms with Gasteiger partial charge in [0.15, 0.2) is 6.29 Å². The zero-order valence-corrected chi connectivity index (χ0v) is 6.13. The first-order valence-corrected chi connectivity index (χ1v) is 2.97. The molecule has 0 heterocycles. The van der Waals surface area contributed by atoms with Gasteiger partial charge in [0, 0.05) is 0 Å². The van der Waals surface area contributed by atoms with Crippen molar-refractivity contribution < 1.29 is 10.2 Å². The van der Waals surface area contributed by atoms with E-state index in [0.717, 1.165) is 0 Å². The first-order valence-electron chi connectivity index (χ1n) is 2.97. The van der Waals surface area contributed by atoms with Gasteiger partial charge in [-0.25, -0.2) is 0 Å². The van der Waals surface area contributed by atoms with Gasteiger partial charge in [0.2, 0.25) is 0 Å². The average molecular weight is 133 g/mol. The van der Waals surface area contributed by atoms with Crippen LogP contribution in [0.15, 0.2) is 0 Å². The van der Waals surface area contributed by atoms with E-state index in [1.807, 2.05) is 20.8 Å². The SMILES string of the molecule is CC(C)(C)[C@H](N)C(O)O. The predicted octanol–water partition coefficient (Wildman–Crippen LogP) is -0.329. The molecule has 0 saturated heterocycles. The normalized spacial score (nSPS) is 16.3. The highest BCUT2D eigenvalue weighted by atomic mass is 16.5. The molecule has 1 atom stereocenters. The molecular formula is C6H15NO2. The van der Waals surface area contributed by atoms with Crippen LogP contribution in [0, 0.1) is 5.41 Å². The Kier molecular flexibility index (Phi) is 2.61. The van der Waals surface area contributed by atoms with Crippen LogP contribution in [0.25, 0.3) is 0 Å². The minimum absolute atomic E-state index is 0.242. The molecule has 0 aliphatic carbocycles. The summed E-state index contributed by atoms with van der Waals surface area (Å²) in [6.07, 6.45) is -1.41. The van der Waals surface area contributed by atoms with Crippen LogP contribution in [-0.2, 0) is 0 Å². The van der Waals surface area contributed by atoms with Crippen LogP contribution in [0.1, 0.15) is 20.8 Å². The zero-order valence-electron chi connectivity index (χ0n) is 6.13. The van der Waals surface area contributed by atoms with Crippen molar-refractivity contribution in [2.24, 2.45) is 11.1 Å². The van der Waals surface area contributed by atoms with Crippen molar-refractivity contribution >= 4 is 0 Å². The lowest BCUT2D eigenvalue weighted by molar-refractivity contribution is -0.0811. The van der Waals surface area contributed by atoms with Crippen LogP contribution < -0.4 is 5.73 Å². The molecule has 0 rings (SSSR count). The van der Waals surface area contributed by atoms with E-state index in [1.54, 1.807) is 0 Å². The van der Waals surface area contributed by atoms with E-state index in [4.69, 9.17) is 15.9 Å². The first kappa shape index (κ1) is 8.88. The molecule has 0 bridgehead atoms. The van der Waals surface area contributed by atoms with E-state index < -0.39 is 12.3 Å². The number of hydrogen-bond donors (Lipinski definition) is 3. The molecule has 0 saturated carbocycles. The minimum Gasteiger partial charge on any atom is -0.367 e. The number of rotatable bonds is 1. The van der Waals surface area contributed by atoms with Crippen molar-refractivity contribution in [3.05, 3.63) is 0 Å². The van der Waals surface area contributed by atoms with Crippen LogP contribution in [-0.4, -0.2) is 22.5 Å². The standard InChI is InChI=1S/C6H15NO2/c1-6(2,3)4(7)5(8)9/h4-5,8-9H,7H2,1-3H3/t4-/m1/s1. The molecular weight excluding hydrogens is 118 g/mol. The third kappa shape index (κ3) is 2.79. The van der Waals surface area contributed by atoms with Gasteiger partial charge in [0.1, 0.15) is 0 Å². The molecule has 0 radical (unpaired) electrons. The predicted molar refractivity (Wildman–Crippen MR) is 35.7 cm³/mol. The quantitative estimate of drug-likeness (QED) is 0.429. The maximum atomic E-state index is 8.59. The fraction of sp³-hybridized carbons (Fsp3) is 1.00. The summed E-state index contributed by atoms with van der Waals surface area (Å²) in [5.74, 6) is 0. The van der Waals surface area contributed by atoms with E-state index in [2.05, 4.69) is 0 Å². The highest BCUT2D eigenvalue weighted by Crippen LogP contribution is 2.18. The number of nitrogens with two attached hydrogens (primary N) is 1. The van der Waals surface area contributed by atoms with Gasteiger partial charge in [0.25, 0.3) is 0 Å². The van der Waals surface area contributed by atoms with Crippen LogP contribution >= 0.6 is 0 Å². The molecule has 0 spiro atoms. The molecule has 3 heteroatoms. The lowest BCUT2D eigenvalue weighted by Gasteiger charge is -2.27. The van der Waals surface area contributed by atoms with Crippen molar-refractivity contribution in [2.75, 3.05) is 0 Å². The molecule has 0 unspecified atom stereocenters. The molecule has 0 fully saturated rings. The third-order valence-electron chi connectivity index (χ3n) is 1.32. The van der Waals surface area contributed by atoms with Crippen molar-refractivity contribution in [1.82, 2.24) is 0 Å². The van der Waals surface area contributed by atoms with Crippen molar-refractivity contribution in [3.8, 4) is 0 Å². The summed E-state index contributed by atoms with van der Waals surface area (Å²) in [6, 6.07) is -0.572. The van der Waals surface area contributed by atoms with Crippen molar-refractivity contribution in [2.45, 2.75) is 33.1 Å². The lowest BCUT2D eigenvalue weighted by atomic mass is 9.87. The van der Waals surface area contributed by atoms with Crippen LogP contribution in [0.5, 0.6) is 0 Å². The Balaban J connectivity index is 3.88. The minimum atomic E-state index is -1.41. The smallest absolute Gasteiger partial charge is 0.167 e. The molecule has 56 valence electrons. The average Bonchev–Trinajstić information content (AvgIpc) is 1.62. The summed E-state index contributed by atoms with van der Waals surface area (Å²) in [4.78, 5) is 0. The second kappa shape index (κ2) is 2.64. The molecule has 9 heavy (non-hydrogen) atoms. The van der Waals surface area contributed by atoms with E-state index in [-0.39, 0.29) is 5.41 Å². The van der Waals surface area contributed by atoms with Crippen LogP contribution in [0.3, 0.4) is 0 Å². The molecule has 0 aromatic carbocycles. The molecule has 3 nitrogen and oxygen atoms in total. The Hall–Kier alpha value is -0.120. The highest BCUT2D eigenvalue weighted by Gasteiger charge is 2.25. The molecule has 0 aromatic heterocycles. The topological polar surface area (TPSA) is 66.5 Å². The van der Waals surface area contributed by atoms with Gasteiger partial charge in [-0.2, -0.15) is 0 Å².